The van der Waals surface area contributed by atoms with Crippen LogP contribution in [0.1, 0.15) is 44.2 Å². The van der Waals surface area contributed by atoms with E-state index in [0.717, 1.165) is 6.54 Å². The first-order chi connectivity index (χ1) is 9.02. The molecule has 0 saturated heterocycles. The number of nitrogens with zero attached hydrogens (tertiary/aromatic N) is 1. The van der Waals surface area contributed by atoms with Crippen LogP contribution in [0.4, 0.5) is 5.69 Å². The zero-order valence-corrected chi connectivity index (χ0v) is 12.7. The van der Waals surface area contributed by atoms with Crippen LogP contribution in [0.2, 0.25) is 0 Å². The van der Waals surface area contributed by atoms with Gasteiger partial charge in [0.2, 0.25) is 0 Å². The van der Waals surface area contributed by atoms with Gasteiger partial charge in [0.05, 0.1) is 0 Å². The maximum atomic E-state index is 5.81. The van der Waals surface area contributed by atoms with Crippen molar-refractivity contribution in [1.29, 1.82) is 0 Å². The van der Waals surface area contributed by atoms with Crippen molar-refractivity contribution in [2.75, 3.05) is 24.5 Å². The summed E-state index contributed by atoms with van der Waals surface area (Å²) in [6.07, 6.45) is 4.97. The Morgan fingerprint density at radius 1 is 1.32 bits per heavy atom. The van der Waals surface area contributed by atoms with Crippen LogP contribution in [0.5, 0.6) is 0 Å². The van der Waals surface area contributed by atoms with E-state index in [2.05, 4.69) is 43.9 Å². The Balaban J connectivity index is 1.96. The quantitative estimate of drug-likeness (QED) is 0.878. The highest BCUT2D eigenvalue weighted by molar-refractivity contribution is 5.56. The van der Waals surface area contributed by atoms with E-state index in [9.17, 15) is 0 Å². The zero-order valence-electron chi connectivity index (χ0n) is 12.7. The van der Waals surface area contributed by atoms with E-state index >= 15 is 0 Å². The number of hydrogen-bond acceptors (Lipinski definition) is 2. The van der Waals surface area contributed by atoms with Gasteiger partial charge in [-0.15, -0.1) is 0 Å². The molecule has 0 saturated carbocycles. The molecule has 2 nitrogen and oxygen atoms in total. The molecule has 0 bridgehead atoms. The van der Waals surface area contributed by atoms with Crippen LogP contribution in [-0.4, -0.2) is 19.6 Å². The van der Waals surface area contributed by atoms with Gasteiger partial charge in [0.15, 0.2) is 0 Å². The average molecular weight is 260 g/mol. The average Bonchev–Trinajstić information content (AvgIpc) is 2.38. The van der Waals surface area contributed by atoms with Crippen LogP contribution in [-0.2, 0) is 6.42 Å². The molecule has 2 N–H and O–H groups in total. The number of hydrogen-bond donors (Lipinski definition) is 1. The smallest absolute Gasteiger partial charge is 0.0398 e. The number of anilines is 1. The first kappa shape index (κ1) is 14.4. The molecule has 106 valence electrons. The number of benzene rings is 1. The van der Waals surface area contributed by atoms with Gasteiger partial charge in [-0.1, -0.05) is 31.5 Å². The molecule has 0 amide bonds. The van der Waals surface area contributed by atoms with Crippen LogP contribution in [0.15, 0.2) is 18.2 Å². The first-order valence-corrected chi connectivity index (χ1v) is 7.56. The lowest BCUT2D eigenvalue weighted by Gasteiger charge is -2.33. The molecule has 0 spiro atoms. The van der Waals surface area contributed by atoms with E-state index in [1.807, 2.05) is 0 Å². The van der Waals surface area contributed by atoms with Crippen molar-refractivity contribution in [2.45, 2.75) is 46.5 Å². The van der Waals surface area contributed by atoms with E-state index < -0.39 is 0 Å². The van der Waals surface area contributed by atoms with Crippen molar-refractivity contribution < 1.29 is 0 Å². The normalized spacial score (nSPS) is 15.5. The molecule has 0 aromatic heterocycles. The Hall–Kier alpha value is -1.02. The second-order valence-electron chi connectivity index (χ2n) is 6.69. The summed E-state index contributed by atoms with van der Waals surface area (Å²) in [6, 6.07) is 6.89. The SMILES string of the molecule is Cc1ccc2c(c1)CCCN2CCCC(C)(C)CN. The van der Waals surface area contributed by atoms with Gasteiger partial charge < -0.3 is 10.6 Å². The second-order valence-corrected chi connectivity index (χ2v) is 6.69. The van der Waals surface area contributed by atoms with Gasteiger partial charge in [-0.3, -0.25) is 0 Å². The molecule has 2 rings (SSSR count). The second kappa shape index (κ2) is 5.96. The standard InChI is InChI=1S/C17H28N2/c1-14-7-8-16-15(12-14)6-4-10-19(16)11-5-9-17(2,3)13-18/h7-8,12H,4-6,9-11,13,18H2,1-3H3. The van der Waals surface area contributed by atoms with Gasteiger partial charge in [0, 0.05) is 18.8 Å². The monoisotopic (exact) mass is 260 g/mol. The minimum atomic E-state index is 0.284. The Labute approximate surface area is 118 Å². The molecule has 2 heteroatoms. The predicted molar refractivity (Wildman–Crippen MR) is 83.8 cm³/mol. The number of rotatable bonds is 5. The minimum Gasteiger partial charge on any atom is -0.371 e. The molecule has 1 aromatic rings. The fourth-order valence-corrected chi connectivity index (χ4v) is 2.89. The topological polar surface area (TPSA) is 29.3 Å². The molecule has 1 aliphatic rings. The van der Waals surface area contributed by atoms with Crippen LogP contribution >= 0.6 is 0 Å². The molecule has 1 aliphatic heterocycles. The summed E-state index contributed by atoms with van der Waals surface area (Å²) in [5.74, 6) is 0. The van der Waals surface area contributed by atoms with Crippen molar-refractivity contribution in [3.8, 4) is 0 Å². The summed E-state index contributed by atoms with van der Waals surface area (Å²) in [7, 11) is 0. The lowest BCUT2D eigenvalue weighted by Crippen LogP contribution is -2.32. The van der Waals surface area contributed by atoms with Gasteiger partial charge in [-0.2, -0.15) is 0 Å². The summed E-state index contributed by atoms with van der Waals surface area (Å²) in [5, 5.41) is 0. The van der Waals surface area contributed by atoms with Gasteiger partial charge in [0.1, 0.15) is 0 Å². The van der Waals surface area contributed by atoms with E-state index in [-0.39, 0.29) is 5.41 Å². The van der Waals surface area contributed by atoms with E-state index in [0.29, 0.717) is 0 Å². The maximum Gasteiger partial charge on any atom is 0.0398 e. The molecule has 0 atom stereocenters. The molecular formula is C17H28N2. The lowest BCUT2D eigenvalue weighted by molar-refractivity contribution is 0.337. The van der Waals surface area contributed by atoms with Gasteiger partial charge in [-0.05, 0) is 56.2 Å². The number of nitrogens with two attached hydrogens (primary N) is 1. The van der Waals surface area contributed by atoms with Crippen LogP contribution in [0, 0.1) is 12.3 Å². The predicted octanol–water partition coefficient (Wildman–Crippen LogP) is 3.51. The summed E-state index contributed by atoms with van der Waals surface area (Å²) < 4.78 is 0. The molecule has 0 aliphatic carbocycles. The summed E-state index contributed by atoms with van der Waals surface area (Å²) in [4.78, 5) is 2.56. The Morgan fingerprint density at radius 3 is 2.84 bits per heavy atom. The van der Waals surface area contributed by atoms with Gasteiger partial charge in [-0.25, -0.2) is 0 Å². The number of fused-ring (bicyclic) bond motifs is 1. The highest BCUT2D eigenvalue weighted by Gasteiger charge is 2.19. The molecule has 0 fully saturated rings. The van der Waals surface area contributed by atoms with Crippen molar-refractivity contribution in [3.05, 3.63) is 29.3 Å². The zero-order chi connectivity index (χ0) is 13.9. The maximum absolute atomic E-state index is 5.81. The largest absolute Gasteiger partial charge is 0.371 e. The van der Waals surface area contributed by atoms with E-state index in [4.69, 9.17) is 5.73 Å². The van der Waals surface area contributed by atoms with Crippen molar-refractivity contribution in [1.82, 2.24) is 0 Å². The van der Waals surface area contributed by atoms with Crippen molar-refractivity contribution >= 4 is 5.69 Å². The van der Waals surface area contributed by atoms with Crippen molar-refractivity contribution in [2.24, 2.45) is 11.1 Å². The Morgan fingerprint density at radius 2 is 2.11 bits per heavy atom. The highest BCUT2D eigenvalue weighted by Crippen LogP contribution is 2.29. The minimum absolute atomic E-state index is 0.284. The molecule has 19 heavy (non-hydrogen) atoms. The Bertz CT molecular complexity index is 423. The summed E-state index contributed by atoms with van der Waals surface area (Å²) >= 11 is 0. The van der Waals surface area contributed by atoms with E-state index in [1.54, 1.807) is 0 Å². The van der Waals surface area contributed by atoms with E-state index in [1.165, 1.54) is 55.6 Å². The molecule has 0 radical (unpaired) electrons. The van der Waals surface area contributed by atoms with Gasteiger partial charge >= 0.3 is 0 Å². The van der Waals surface area contributed by atoms with Crippen molar-refractivity contribution in [3.63, 3.8) is 0 Å². The molecule has 1 aromatic carbocycles. The third-order valence-corrected chi connectivity index (χ3v) is 4.28. The van der Waals surface area contributed by atoms with Crippen LogP contribution in [0.3, 0.4) is 0 Å². The summed E-state index contributed by atoms with van der Waals surface area (Å²) in [5.41, 5.74) is 10.5. The fraction of sp³-hybridized carbons (Fsp3) is 0.647. The first-order valence-electron chi connectivity index (χ1n) is 7.56. The Kier molecular flexibility index (Phi) is 4.51. The van der Waals surface area contributed by atoms with Crippen LogP contribution in [0.25, 0.3) is 0 Å². The number of aryl methyl sites for hydroxylation is 2. The third-order valence-electron chi connectivity index (χ3n) is 4.28. The molecular weight excluding hydrogens is 232 g/mol. The highest BCUT2D eigenvalue weighted by atomic mass is 15.1. The lowest BCUT2D eigenvalue weighted by atomic mass is 9.88. The van der Waals surface area contributed by atoms with Gasteiger partial charge in [0.25, 0.3) is 0 Å². The molecule has 1 heterocycles. The summed E-state index contributed by atoms with van der Waals surface area (Å²) in [6.45, 7) is 9.87. The third kappa shape index (κ3) is 3.73. The molecule has 0 unspecified atom stereocenters. The van der Waals surface area contributed by atoms with Crippen LogP contribution < -0.4 is 10.6 Å². The fourth-order valence-electron chi connectivity index (χ4n) is 2.89.